The lowest BCUT2D eigenvalue weighted by Crippen LogP contribution is -2.62. The molecule has 6 bridgehead atoms. The molecular weight excluding hydrogens is 861 g/mol. The molecule has 17 nitrogen and oxygen atoms in total. The summed E-state index contributed by atoms with van der Waals surface area (Å²) in [7, 11) is 2.41. The number of carbonyl (C=O) groups excluding carboxylic acids is 5. The molecule has 4 rings (SSSR count). The Morgan fingerprint density at radius 2 is 1.55 bits per heavy atom. The number of unbranched alkanes of at least 4 members (excludes halogenated alkanes) is 1. The van der Waals surface area contributed by atoms with Crippen LogP contribution in [-0.4, -0.2) is 131 Å². The van der Waals surface area contributed by atoms with Crippen LogP contribution in [0.3, 0.4) is 0 Å². The van der Waals surface area contributed by atoms with Crippen molar-refractivity contribution in [1.29, 1.82) is 0 Å². The van der Waals surface area contributed by atoms with Gasteiger partial charge in [-0.05, 0) is 44.6 Å². The van der Waals surface area contributed by atoms with Crippen molar-refractivity contribution in [2.45, 2.75) is 192 Å². The van der Waals surface area contributed by atoms with E-state index in [0.717, 1.165) is 26.0 Å². The van der Waals surface area contributed by atoms with Crippen molar-refractivity contribution < 1.29 is 82.3 Å². The molecule has 0 aliphatic carbocycles. The molecule has 0 aromatic rings. The first-order valence-electron chi connectivity index (χ1n) is 23.0. The van der Waals surface area contributed by atoms with Gasteiger partial charge in [0.05, 0.1) is 62.7 Å². The number of fused-ring (bicyclic) bond motifs is 6. The first-order chi connectivity index (χ1) is 31.0. The Hall–Kier alpha value is -4.23. The number of allylic oxidation sites excluding steroid dienone is 3. The zero-order valence-corrected chi connectivity index (χ0v) is 39.9. The van der Waals surface area contributed by atoms with E-state index in [-0.39, 0.29) is 56.9 Å². The number of rotatable bonds is 11. The van der Waals surface area contributed by atoms with Crippen molar-refractivity contribution in [3.8, 4) is 0 Å². The molecule has 4 aliphatic rings. The maximum atomic E-state index is 13.5. The predicted molar refractivity (Wildman–Crippen MR) is 238 cm³/mol. The topological polar surface area (TPSA) is 240 Å². The molecule has 66 heavy (non-hydrogen) atoms. The third-order valence-corrected chi connectivity index (χ3v) is 12.8. The van der Waals surface area contributed by atoms with E-state index in [4.69, 9.17) is 37.9 Å². The highest BCUT2D eigenvalue weighted by Crippen LogP contribution is 2.50. The maximum absolute atomic E-state index is 13.5. The number of esters is 5. The summed E-state index contributed by atoms with van der Waals surface area (Å²) in [6, 6.07) is 0. The van der Waals surface area contributed by atoms with Crippen molar-refractivity contribution in [1.82, 2.24) is 0 Å². The van der Waals surface area contributed by atoms with Gasteiger partial charge >= 0.3 is 29.8 Å². The van der Waals surface area contributed by atoms with Gasteiger partial charge in [0.2, 0.25) is 5.79 Å². The molecule has 0 spiro atoms. The van der Waals surface area contributed by atoms with Crippen molar-refractivity contribution in [3.05, 3.63) is 59.8 Å². The fourth-order valence-corrected chi connectivity index (χ4v) is 8.79. The van der Waals surface area contributed by atoms with Crippen molar-refractivity contribution in [2.24, 2.45) is 10.8 Å². The normalized spacial score (nSPS) is 35.1. The van der Waals surface area contributed by atoms with E-state index in [9.17, 15) is 44.4 Å². The highest BCUT2D eigenvalue weighted by molar-refractivity contribution is 5.85. The first kappa shape index (κ1) is 54.4. The minimum Gasteiger partial charge on any atom is -0.466 e. The average Bonchev–Trinajstić information content (AvgIpc) is 3.22. The largest absolute Gasteiger partial charge is 0.466 e. The van der Waals surface area contributed by atoms with E-state index in [2.05, 4.69) is 0 Å². The molecule has 3 saturated heterocycles. The first-order valence-corrected chi connectivity index (χ1v) is 23.0. The van der Waals surface area contributed by atoms with Crippen LogP contribution < -0.4 is 0 Å². The van der Waals surface area contributed by atoms with Gasteiger partial charge < -0.3 is 58.3 Å². The molecule has 370 valence electrons. The van der Waals surface area contributed by atoms with Gasteiger partial charge in [0.15, 0.2) is 11.9 Å². The van der Waals surface area contributed by atoms with Crippen LogP contribution in [0.4, 0.5) is 0 Å². The fourth-order valence-electron chi connectivity index (χ4n) is 8.79. The monoisotopic (exact) mass is 932 g/mol. The number of aliphatic hydroxyl groups excluding tert-OH is 2. The standard InChI is InChI=1S/C49H72O17/c1-10-12-13-14-15-17-41(53)64-45-32(24-43(55)60-9)23-35-27-38(30(3)50)62-44(56)26-33(51)25-36-28-39(63-40(52)16-11-2)47(6,7)48(57,65-36)29-37-21-31(22-42(54)59-8)20-34(61-37)18-19-46(4,5)49(45,58)66-35/h13-15,17-19,22,24,30,33-39,45,50-51,57-58H,10-12,16,20-21,23,25-29H2,1-9H3/b14-13+,17-15+,19-18-,31-22+,32-24+/t30-,33+,34+,35+,36-,37+,38-,39+,45+,48+,49-/m1/s1. The van der Waals surface area contributed by atoms with Gasteiger partial charge in [-0.2, -0.15) is 0 Å². The summed E-state index contributed by atoms with van der Waals surface area (Å²) < 4.78 is 47.1. The van der Waals surface area contributed by atoms with Gasteiger partial charge in [0.25, 0.3) is 0 Å². The molecule has 3 fully saturated rings. The van der Waals surface area contributed by atoms with Gasteiger partial charge in [0.1, 0.15) is 12.2 Å². The number of ether oxygens (including phenoxy) is 8. The summed E-state index contributed by atoms with van der Waals surface area (Å²) in [5.41, 5.74) is -2.05. The Morgan fingerprint density at radius 1 is 0.848 bits per heavy atom. The third kappa shape index (κ3) is 14.2. The summed E-state index contributed by atoms with van der Waals surface area (Å²) >= 11 is 0. The zero-order chi connectivity index (χ0) is 49.0. The summed E-state index contributed by atoms with van der Waals surface area (Å²) in [6.07, 6.45) is 3.27. The van der Waals surface area contributed by atoms with Crippen LogP contribution in [0.1, 0.15) is 126 Å². The second-order valence-corrected chi connectivity index (χ2v) is 18.9. The van der Waals surface area contributed by atoms with Gasteiger partial charge in [-0.3, -0.25) is 9.59 Å². The molecule has 0 radical (unpaired) electrons. The lowest BCUT2D eigenvalue weighted by atomic mass is 9.70. The molecule has 0 aromatic heterocycles. The SMILES string of the molecule is CCC/C=C/C=C/C(=O)O[C@H]1/C(=C/C(=O)OC)C[C@H]2C[C@H]([C@@H](C)O)OC(=O)C[C@@H](O)C[C@@H]3C[C@H](OC(=O)CCC)C(C)(C)[C@](O)(C[C@@H]4C/C(=C/C(=O)OC)C[C@H](/C=C\C(C)(C)[C@]1(O)O2)O4)O3. The second-order valence-electron chi connectivity index (χ2n) is 18.9. The van der Waals surface area contributed by atoms with E-state index >= 15 is 0 Å². The van der Waals surface area contributed by atoms with E-state index in [1.807, 2.05) is 19.9 Å². The number of methoxy groups -OCH3 is 2. The van der Waals surface area contributed by atoms with Gasteiger partial charge in [-0.1, -0.05) is 83.9 Å². The lowest BCUT2D eigenvalue weighted by molar-refractivity contribution is -0.348. The minimum atomic E-state index is -2.47. The molecule has 4 heterocycles. The van der Waals surface area contributed by atoms with E-state index < -0.39 is 114 Å². The lowest BCUT2D eigenvalue weighted by Gasteiger charge is -2.53. The number of hydrogen-bond donors (Lipinski definition) is 4. The van der Waals surface area contributed by atoms with Gasteiger partial charge in [0, 0.05) is 55.7 Å². The van der Waals surface area contributed by atoms with Crippen molar-refractivity contribution >= 4 is 29.8 Å². The highest BCUT2D eigenvalue weighted by atomic mass is 16.7. The van der Waals surface area contributed by atoms with E-state index in [1.54, 1.807) is 45.9 Å². The molecule has 17 heteroatoms. The Morgan fingerprint density at radius 3 is 2.20 bits per heavy atom. The average molecular weight is 933 g/mol. The minimum absolute atomic E-state index is 0.0819. The smallest absolute Gasteiger partial charge is 0.331 e. The highest BCUT2D eigenvalue weighted by Gasteiger charge is 2.59. The Bertz CT molecular complexity index is 1860. The van der Waals surface area contributed by atoms with Crippen LogP contribution in [0.5, 0.6) is 0 Å². The second kappa shape index (κ2) is 23.7. The molecule has 0 unspecified atom stereocenters. The van der Waals surface area contributed by atoms with Crippen molar-refractivity contribution in [2.75, 3.05) is 14.2 Å². The van der Waals surface area contributed by atoms with Crippen LogP contribution in [0.25, 0.3) is 0 Å². The van der Waals surface area contributed by atoms with Gasteiger partial charge in [-0.15, -0.1) is 0 Å². The Labute approximate surface area is 388 Å². The number of aliphatic hydroxyl groups is 4. The van der Waals surface area contributed by atoms with E-state index in [0.29, 0.717) is 12.0 Å². The third-order valence-electron chi connectivity index (χ3n) is 12.8. The van der Waals surface area contributed by atoms with Crippen LogP contribution in [0, 0.1) is 10.8 Å². The van der Waals surface area contributed by atoms with E-state index in [1.165, 1.54) is 32.3 Å². The molecular formula is C49H72O17. The number of hydrogen-bond acceptors (Lipinski definition) is 17. The molecule has 11 atom stereocenters. The Kier molecular flexibility index (Phi) is 19.5. The van der Waals surface area contributed by atoms with Crippen LogP contribution in [0.2, 0.25) is 0 Å². The van der Waals surface area contributed by atoms with Crippen LogP contribution in [0.15, 0.2) is 59.8 Å². The maximum Gasteiger partial charge on any atom is 0.331 e. The fraction of sp³-hybridized carbons (Fsp3) is 0.694. The molecule has 4 N–H and O–H groups in total. The quantitative estimate of drug-likeness (QED) is 0.0696. The molecule has 0 aromatic carbocycles. The summed E-state index contributed by atoms with van der Waals surface area (Å²) in [5, 5.41) is 47.8. The zero-order valence-electron chi connectivity index (χ0n) is 39.9. The van der Waals surface area contributed by atoms with Gasteiger partial charge in [-0.25, -0.2) is 14.4 Å². The molecule has 4 aliphatic heterocycles. The Balaban J connectivity index is 1.89. The molecule has 0 saturated carbocycles. The van der Waals surface area contributed by atoms with Crippen LogP contribution >= 0.6 is 0 Å². The number of carbonyl (C=O) groups is 5. The summed E-state index contributed by atoms with van der Waals surface area (Å²) in [6.45, 7) is 11.9. The summed E-state index contributed by atoms with van der Waals surface area (Å²) in [4.78, 5) is 65.4. The summed E-state index contributed by atoms with van der Waals surface area (Å²) in [5.74, 6) is -8.19. The number of cyclic esters (lactones) is 1. The van der Waals surface area contributed by atoms with Crippen molar-refractivity contribution in [3.63, 3.8) is 0 Å². The molecule has 0 amide bonds. The predicted octanol–water partition coefficient (Wildman–Crippen LogP) is 5.06. The van der Waals surface area contributed by atoms with Crippen LogP contribution in [-0.2, 0) is 61.9 Å².